The van der Waals surface area contributed by atoms with Gasteiger partial charge in [0.15, 0.2) is 0 Å². The van der Waals surface area contributed by atoms with Gasteiger partial charge in [-0.2, -0.15) is 0 Å². The Morgan fingerprint density at radius 3 is 2.33 bits per heavy atom. The van der Waals surface area contributed by atoms with Gasteiger partial charge in [-0.05, 0) is 44.4 Å². The molecule has 0 spiro atoms. The molecule has 0 fully saturated rings. The second-order valence-electron chi connectivity index (χ2n) is 4.85. The maximum atomic E-state index is 3.95. The minimum absolute atomic E-state index is 0.944. The summed E-state index contributed by atoms with van der Waals surface area (Å²) in [5.74, 6) is 0. The molecule has 1 aromatic carbocycles. The average molecular weight is 243 g/mol. The van der Waals surface area contributed by atoms with Gasteiger partial charge in [-0.1, -0.05) is 55.0 Å². The molecule has 0 atom stereocenters. The number of likely N-dealkylation sites (N-methyl/N-ethyl adjacent to an activating group) is 1. The first kappa shape index (κ1) is 14.7. The zero-order valence-corrected chi connectivity index (χ0v) is 11.9. The van der Waals surface area contributed by atoms with Crippen molar-refractivity contribution < 1.29 is 0 Å². The SMILES string of the molecule is C=C(C)/C=C(/CCc1ccc(CC)cc1)CNC. The van der Waals surface area contributed by atoms with Gasteiger partial charge in [0.25, 0.3) is 0 Å². The zero-order chi connectivity index (χ0) is 13.4. The van der Waals surface area contributed by atoms with Gasteiger partial charge < -0.3 is 5.32 Å². The van der Waals surface area contributed by atoms with Crippen molar-refractivity contribution in [1.82, 2.24) is 5.32 Å². The molecular formula is C17H25N. The third-order valence-electron chi connectivity index (χ3n) is 3.02. The summed E-state index contributed by atoms with van der Waals surface area (Å²) in [7, 11) is 1.99. The Labute approximate surface area is 112 Å². The maximum Gasteiger partial charge on any atom is 0.0164 e. The lowest BCUT2D eigenvalue weighted by Crippen LogP contribution is -2.11. The van der Waals surface area contributed by atoms with Gasteiger partial charge in [0.1, 0.15) is 0 Å². The fourth-order valence-corrected chi connectivity index (χ4v) is 2.03. The van der Waals surface area contributed by atoms with Gasteiger partial charge in [-0.15, -0.1) is 0 Å². The van der Waals surface area contributed by atoms with Crippen LogP contribution in [-0.2, 0) is 12.8 Å². The van der Waals surface area contributed by atoms with Gasteiger partial charge in [-0.25, -0.2) is 0 Å². The molecule has 1 N–H and O–H groups in total. The third-order valence-corrected chi connectivity index (χ3v) is 3.02. The first-order valence-corrected chi connectivity index (χ1v) is 6.73. The van der Waals surface area contributed by atoms with E-state index in [4.69, 9.17) is 0 Å². The van der Waals surface area contributed by atoms with Crippen LogP contribution in [0.25, 0.3) is 0 Å². The lowest BCUT2D eigenvalue weighted by molar-refractivity contribution is 0.811. The van der Waals surface area contributed by atoms with Crippen molar-refractivity contribution >= 4 is 0 Å². The highest BCUT2D eigenvalue weighted by Crippen LogP contribution is 2.12. The Hall–Kier alpha value is -1.34. The van der Waals surface area contributed by atoms with Crippen LogP contribution in [0.1, 0.15) is 31.4 Å². The molecule has 0 amide bonds. The summed E-state index contributed by atoms with van der Waals surface area (Å²) in [6.07, 6.45) is 5.50. The van der Waals surface area contributed by atoms with Crippen LogP contribution in [0.15, 0.2) is 48.1 Å². The van der Waals surface area contributed by atoms with Crippen molar-refractivity contribution in [2.24, 2.45) is 0 Å². The Bertz CT molecular complexity index is 398. The maximum absolute atomic E-state index is 3.95. The molecule has 1 rings (SSSR count). The van der Waals surface area contributed by atoms with E-state index in [0.29, 0.717) is 0 Å². The summed E-state index contributed by atoms with van der Waals surface area (Å²) in [5.41, 5.74) is 5.37. The molecule has 0 bridgehead atoms. The van der Waals surface area contributed by atoms with E-state index in [9.17, 15) is 0 Å². The Balaban J connectivity index is 2.58. The van der Waals surface area contributed by atoms with Gasteiger partial charge in [0, 0.05) is 6.54 Å². The van der Waals surface area contributed by atoms with Gasteiger partial charge in [0.2, 0.25) is 0 Å². The number of nitrogens with one attached hydrogen (secondary N) is 1. The van der Waals surface area contributed by atoms with Crippen LogP contribution < -0.4 is 5.32 Å². The molecule has 1 nitrogen and oxygen atoms in total. The van der Waals surface area contributed by atoms with Crippen molar-refractivity contribution in [3.05, 3.63) is 59.2 Å². The number of hydrogen-bond acceptors (Lipinski definition) is 1. The molecule has 0 aliphatic carbocycles. The summed E-state index contributed by atoms with van der Waals surface area (Å²) in [4.78, 5) is 0. The second kappa shape index (κ2) is 7.88. The quantitative estimate of drug-likeness (QED) is 0.716. The summed E-state index contributed by atoms with van der Waals surface area (Å²) >= 11 is 0. The fraction of sp³-hybridized carbons (Fsp3) is 0.412. The molecule has 0 aliphatic rings. The van der Waals surface area contributed by atoms with E-state index < -0.39 is 0 Å². The molecule has 0 aliphatic heterocycles. The molecule has 0 aromatic heterocycles. The van der Waals surface area contributed by atoms with E-state index in [1.807, 2.05) is 14.0 Å². The van der Waals surface area contributed by atoms with Crippen molar-refractivity contribution in [1.29, 1.82) is 0 Å². The van der Waals surface area contributed by atoms with Crippen LogP contribution in [0.5, 0.6) is 0 Å². The summed E-state index contributed by atoms with van der Waals surface area (Å²) in [6, 6.07) is 8.96. The van der Waals surface area contributed by atoms with E-state index >= 15 is 0 Å². The number of allylic oxidation sites excluding steroid dienone is 2. The normalized spacial score (nSPS) is 11.6. The molecule has 0 unspecified atom stereocenters. The molecule has 1 heteroatoms. The predicted molar refractivity (Wildman–Crippen MR) is 81.0 cm³/mol. The van der Waals surface area contributed by atoms with E-state index in [2.05, 4.69) is 49.2 Å². The standard InChI is InChI=1S/C17H25N/c1-5-15-6-8-16(9-7-15)10-11-17(13-18-4)12-14(2)3/h6-9,12,18H,2,5,10-11,13H2,1,3-4H3/b17-12-. The van der Waals surface area contributed by atoms with E-state index in [-0.39, 0.29) is 0 Å². The van der Waals surface area contributed by atoms with Crippen molar-refractivity contribution in [3.63, 3.8) is 0 Å². The monoisotopic (exact) mass is 243 g/mol. The van der Waals surface area contributed by atoms with E-state index in [1.165, 1.54) is 16.7 Å². The predicted octanol–water partition coefficient (Wildman–Crippen LogP) is 3.90. The minimum Gasteiger partial charge on any atom is -0.316 e. The van der Waals surface area contributed by atoms with Gasteiger partial charge in [-0.3, -0.25) is 0 Å². The second-order valence-corrected chi connectivity index (χ2v) is 4.85. The molecule has 0 saturated heterocycles. The van der Waals surface area contributed by atoms with Crippen LogP contribution in [0, 0.1) is 0 Å². The Kier molecular flexibility index (Phi) is 6.45. The molecular weight excluding hydrogens is 218 g/mol. The molecule has 98 valence electrons. The van der Waals surface area contributed by atoms with Crippen molar-refractivity contribution in [2.45, 2.75) is 33.1 Å². The highest BCUT2D eigenvalue weighted by atomic mass is 14.8. The largest absolute Gasteiger partial charge is 0.316 e. The van der Waals surface area contributed by atoms with Gasteiger partial charge in [0.05, 0.1) is 0 Å². The highest BCUT2D eigenvalue weighted by molar-refractivity contribution is 5.25. The number of benzene rings is 1. The smallest absolute Gasteiger partial charge is 0.0164 e. The lowest BCUT2D eigenvalue weighted by atomic mass is 10.0. The number of hydrogen-bond donors (Lipinski definition) is 1. The van der Waals surface area contributed by atoms with E-state index in [0.717, 1.165) is 31.4 Å². The van der Waals surface area contributed by atoms with Crippen molar-refractivity contribution in [2.75, 3.05) is 13.6 Å². The topological polar surface area (TPSA) is 12.0 Å². The molecule has 0 radical (unpaired) electrons. The number of rotatable bonds is 7. The number of aryl methyl sites for hydroxylation is 2. The minimum atomic E-state index is 0.944. The van der Waals surface area contributed by atoms with Crippen LogP contribution in [0.4, 0.5) is 0 Å². The average Bonchev–Trinajstić information content (AvgIpc) is 2.36. The molecule has 1 aromatic rings. The molecule has 18 heavy (non-hydrogen) atoms. The highest BCUT2D eigenvalue weighted by Gasteiger charge is 1.99. The summed E-state index contributed by atoms with van der Waals surface area (Å²) in [6.45, 7) is 9.13. The van der Waals surface area contributed by atoms with E-state index in [1.54, 1.807) is 0 Å². The first-order chi connectivity index (χ1) is 8.65. The van der Waals surface area contributed by atoms with Crippen molar-refractivity contribution in [3.8, 4) is 0 Å². The molecule has 0 heterocycles. The zero-order valence-electron chi connectivity index (χ0n) is 11.9. The summed E-state index contributed by atoms with van der Waals surface area (Å²) < 4.78 is 0. The Morgan fingerprint density at radius 1 is 1.22 bits per heavy atom. The van der Waals surface area contributed by atoms with Gasteiger partial charge >= 0.3 is 0 Å². The third kappa shape index (κ3) is 5.33. The Morgan fingerprint density at radius 2 is 1.83 bits per heavy atom. The van der Waals surface area contributed by atoms with Crippen LogP contribution in [0.3, 0.4) is 0 Å². The fourth-order valence-electron chi connectivity index (χ4n) is 2.03. The van der Waals surface area contributed by atoms with Crippen LogP contribution >= 0.6 is 0 Å². The van der Waals surface area contributed by atoms with Crippen LogP contribution in [0.2, 0.25) is 0 Å². The lowest BCUT2D eigenvalue weighted by Gasteiger charge is -2.08. The van der Waals surface area contributed by atoms with Crippen LogP contribution in [-0.4, -0.2) is 13.6 Å². The first-order valence-electron chi connectivity index (χ1n) is 6.73. The summed E-state index contributed by atoms with van der Waals surface area (Å²) in [5, 5.41) is 3.22. The molecule has 0 saturated carbocycles.